The molecule has 0 saturated carbocycles. The molecule has 0 aliphatic rings. The molecule has 4 aromatic rings. The lowest BCUT2D eigenvalue weighted by Gasteiger charge is -2.44. The molecule has 0 radical (unpaired) electrons. The topological polar surface area (TPSA) is 4.44 Å². The van der Waals surface area contributed by atoms with Crippen LogP contribution in [-0.4, -0.2) is 25.8 Å². The molecule has 0 aromatic heterocycles. The Kier molecular flexibility index (Phi) is 34.8. The van der Waals surface area contributed by atoms with Gasteiger partial charge in [-0.3, -0.25) is 0 Å². The van der Waals surface area contributed by atoms with Crippen molar-refractivity contribution in [2.24, 2.45) is 0 Å². The second kappa shape index (κ2) is 39.5. The monoisotopic (exact) mass is 1260 g/mol. The molecule has 86 heavy (non-hydrogen) atoms. The Labute approximate surface area is 494 Å². The Morgan fingerprint density at radius 3 is 0.465 bits per heavy atom. The van der Waals surface area contributed by atoms with Crippen molar-refractivity contribution in [3.63, 3.8) is 0 Å². The van der Waals surface area contributed by atoms with Crippen LogP contribution in [0.25, 0.3) is 0 Å². The summed E-state index contributed by atoms with van der Waals surface area (Å²) in [4.78, 5) is 1.92. The average molecular weight is 1260 g/mol. The van der Waals surface area contributed by atoms with Crippen molar-refractivity contribution in [3.8, 4) is 0 Å². The van der Waals surface area contributed by atoms with Crippen LogP contribution >= 0.6 is 0 Å². The molecule has 0 aliphatic carbocycles. The van der Waals surface area contributed by atoms with E-state index in [1.807, 2.05) is 4.90 Å². The van der Waals surface area contributed by atoms with Gasteiger partial charge in [0.05, 0.1) is 19.6 Å². The highest BCUT2D eigenvalue weighted by Gasteiger charge is 2.52. The molecular formula is C64H84BF20N. The number of nitrogens with one attached hydrogen (secondary N) is 1. The van der Waals surface area contributed by atoms with Crippen LogP contribution in [0.1, 0.15) is 239 Å². The standard InChI is InChI=1S/C40H83N.C24BF20/c1-4-7-10-12-14-16-18-20-22-24-26-28-30-32-34-36-39-41(38-9-6-3)40-37-35-33-31-29-27-25-23-21-19-17-15-13-11-8-5-2;26-5-1(6(27)14(35)21(42)13(5)34)25(2-7(28)15(36)22(43)16(37)8(2)29,3-9(30)17(38)23(44)18(39)10(3)31)4-11(32)19(40)24(45)20(41)12(4)33/h4-40H2,1-3H3;/q;-1/p+1. The van der Waals surface area contributed by atoms with E-state index in [0.29, 0.717) is 0 Å². The first-order valence-electron chi connectivity index (χ1n) is 31.1. The lowest BCUT2D eigenvalue weighted by molar-refractivity contribution is -0.900. The summed E-state index contributed by atoms with van der Waals surface area (Å²) in [7, 11) is 0. The van der Waals surface area contributed by atoms with Gasteiger partial charge in [-0.1, -0.05) is 207 Å². The van der Waals surface area contributed by atoms with Gasteiger partial charge in [0, 0.05) is 0 Å². The summed E-state index contributed by atoms with van der Waals surface area (Å²) in [6.45, 7) is 11.3. The van der Waals surface area contributed by atoms with Gasteiger partial charge in [0.1, 0.15) is 52.7 Å². The second-order valence-electron chi connectivity index (χ2n) is 22.8. The molecule has 4 aromatic carbocycles. The fraction of sp³-hybridized carbons (Fsp3) is 0.625. The summed E-state index contributed by atoms with van der Waals surface area (Å²) in [5.74, 6) is -71.4. The van der Waals surface area contributed by atoms with Crippen LogP contribution in [0.3, 0.4) is 0 Å². The number of halogens is 20. The smallest absolute Gasteiger partial charge is 0.200 e. The normalized spacial score (nSPS) is 11.9. The molecule has 1 nitrogen and oxygen atoms in total. The molecule has 0 aliphatic heterocycles. The molecular weight excluding hydrogens is 1170 g/mol. The zero-order chi connectivity index (χ0) is 64.1. The van der Waals surface area contributed by atoms with E-state index in [1.54, 1.807) is 0 Å². The maximum Gasteiger partial charge on any atom is 0.200 e. The summed E-state index contributed by atoms with van der Waals surface area (Å²) >= 11 is 0. The first-order valence-corrected chi connectivity index (χ1v) is 31.1. The van der Waals surface area contributed by atoms with E-state index in [9.17, 15) is 52.7 Å². The number of benzene rings is 4. The van der Waals surface area contributed by atoms with Gasteiger partial charge in [-0.2, -0.15) is 0 Å². The molecule has 0 saturated heterocycles. The van der Waals surface area contributed by atoms with E-state index >= 15 is 35.1 Å². The summed E-state index contributed by atoms with van der Waals surface area (Å²) < 4.78 is 294. The van der Waals surface area contributed by atoms with Gasteiger partial charge in [0.25, 0.3) is 0 Å². The predicted octanol–water partition coefficient (Wildman–Crippen LogP) is 19.0. The van der Waals surface area contributed by atoms with Crippen molar-refractivity contribution in [2.75, 3.05) is 19.6 Å². The number of hydrogen-bond acceptors (Lipinski definition) is 0. The molecule has 0 bridgehead atoms. The molecule has 0 unspecified atom stereocenters. The van der Waals surface area contributed by atoms with E-state index < -0.39 is 144 Å². The van der Waals surface area contributed by atoms with Gasteiger partial charge in [-0.05, 0) is 32.1 Å². The average Bonchev–Trinajstić information content (AvgIpc) is 0.812. The molecule has 0 amide bonds. The zero-order valence-electron chi connectivity index (χ0n) is 49.8. The minimum absolute atomic E-state index is 1.36. The summed E-state index contributed by atoms with van der Waals surface area (Å²) in [5.41, 5.74) is -14.3. The van der Waals surface area contributed by atoms with E-state index in [1.165, 1.54) is 238 Å². The Bertz CT molecular complexity index is 2270. The summed E-state index contributed by atoms with van der Waals surface area (Å²) in [6, 6.07) is 0. The maximum atomic E-state index is 15.4. The second-order valence-corrected chi connectivity index (χ2v) is 22.8. The number of unbranched alkanes of at least 4 members (excludes halogenated alkanes) is 31. The summed E-state index contributed by atoms with van der Waals surface area (Å²) in [6.07, 6.45) is 42.7. The lowest BCUT2D eigenvalue weighted by Crippen LogP contribution is -3.12. The van der Waals surface area contributed by atoms with Crippen LogP contribution in [0.5, 0.6) is 0 Å². The van der Waals surface area contributed by atoms with Gasteiger partial charge in [0.15, 0.2) is 69.8 Å². The third-order valence-corrected chi connectivity index (χ3v) is 16.4. The third kappa shape index (κ3) is 20.3. The third-order valence-electron chi connectivity index (χ3n) is 16.4. The van der Waals surface area contributed by atoms with E-state index in [2.05, 4.69) is 20.8 Å². The van der Waals surface area contributed by atoms with Crippen LogP contribution in [0.4, 0.5) is 87.8 Å². The minimum atomic E-state index is -7.22. The van der Waals surface area contributed by atoms with Crippen LogP contribution in [-0.2, 0) is 0 Å². The van der Waals surface area contributed by atoms with Crippen molar-refractivity contribution in [1.82, 2.24) is 0 Å². The van der Waals surface area contributed by atoms with Gasteiger partial charge < -0.3 is 4.90 Å². The predicted molar refractivity (Wildman–Crippen MR) is 299 cm³/mol. The number of rotatable bonds is 41. The Morgan fingerprint density at radius 1 is 0.174 bits per heavy atom. The highest BCUT2D eigenvalue weighted by molar-refractivity contribution is 7.20. The van der Waals surface area contributed by atoms with Crippen molar-refractivity contribution < 1.29 is 92.7 Å². The molecule has 0 spiro atoms. The van der Waals surface area contributed by atoms with Gasteiger partial charge in [-0.25, -0.2) is 87.8 Å². The SMILES string of the molecule is CCCCCCCCCCCCCCCCCC[NH+](CCCC)CCCCCCCCCCCCCCCCCC.Fc1c(F)c(F)c([B-](c2c(F)c(F)c(F)c(F)c2F)(c2c(F)c(F)c(F)c(F)c2F)c2c(F)c(F)c(F)c(F)c2F)c(F)c1F. The van der Waals surface area contributed by atoms with E-state index in [-0.39, 0.29) is 0 Å². The quantitative estimate of drug-likeness (QED) is 0.0149. The Hall–Kier alpha value is -4.50. The minimum Gasteiger partial charge on any atom is -0.335 e. The van der Waals surface area contributed by atoms with E-state index in [0.717, 1.165) is 0 Å². The van der Waals surface area contributed by atoms with Crippen LogP contribution in [0, 0.1) is 116 Å². The van der Waals surface area contributed by atoms with Crippen LogP contribution in [0.15, 0.2) is 0 Å². The van der Waals surface area contributed by atoms with Crippen LogP contribution < -0.4 is 26.8 Å². The van der Waals surface area contributed by atoms with Crippen molar-refractivity contribution >= 4 is 28.0 Å². The number of quaternary nitrogens is 1. The van der Waals surface area contributed by atoms with Crippen molar-refractivity contribution in [2.45, 2.75) is 239 Å². The molecule has 1 N–H and O–H groups in total. The Balaban J connectivity index is 0.000000453. The first-order chi connectivity index (χ1) is 41.0. The van der Waals surface area contributed by atoms with E-state index in [4.69, 9.17) is 0 Å². The Morgan fingerprint density at radius 2 is 0.302 bits per heavy atom. The first kappa shape index (κ1) is 75.8. The van der Waals surface area contributed by atoms with Gasteiger partial charge in [-0.15, -0.1) is 21.9 Å². The molecule has 4 rings (SSSR count). The molecule has 0 fully saturated rings. The number of hydrogen-bond donors (Lipinski definition) is 1. The molecule has 0 heterocycles. The molecule has 0 atom stereocenters. The largest absolute Gasteiger partial charge is 0.335 e. The highest BCUT2D eigenvalue weighted by Crippen LogP contribution is 2.31. The van der Waals surface area contributed by atoms with Crippen LogP contribution in [0.2, 0.25) is 0 Å². The van der Waals surface area contributed by atoms with Gasteiger partial charge >= 0.3 is 0 Å². The fourth-order valence-electron chi connectivity index (χ4n) is 11.5. The van der Waals surface area contributed by atoms with Crippen molar-refractivity contribution in [3.05, 3.63) is 116 Å². The molecule has 22 heteroatoms. The van der Waals surface area contributed by atoms with Gasteiger partial charge in [0.2, 0.25) is 0 Å². The molecule has 488 valence electrons. The lowest BCUT2D eigenvalue weighted by atomic mass is 9.12. The maximum absolute atomic E-state index is 15.4. The van der Waals surface area contributed by atoms with Crippen molar-refractivity contribution in [1.29, 1.82) is 0 Å². The fourth-order valence-corrected chi connectivity index (χ4v) is 11.5. The highest BCUT2D eigenvalue weighted by atomic mass is 19.2. The summed E-state index contributed by atoms with van der Waals surface area (Å²) in [5, 5.41) is 0. The zero-order valence-corrected chi connectivity index (χ0v) is 49.8.